The average molecular weight is 251 g/mol. The predicted molar refractivity (Wildman–Crippen MR) is 72.5 cm³/mol. The van der Waals surface area contributed by atoms with E-state index in [1.165, 1.54) is 5.69 Å². The summed E-state index contributed by atoms with van der Waals surface area (Å²) in [6.45, 7) is 8.24. The molecule has 2 rings (SSSR count). The Balaban J connectivity index is 2.05. The molecule has 0 amide bonds. The fraction of sp³-hybridized carbons (Fsp3) is 0.786. The Morgan fingerprint density at radius 3 is 2.89 bits per heavy atom. The van der Waals surface area contributed by atoms with Gasteiger partial charge in [0.2, 0.25) is 0 Å². The van der Waals surface area contributed by atoms with Gasteiger partial charge in [0.15, 0.2) is 0 Å². The van der Waals surface area contributed by atoms with Crippen molar-refractivity contribution in [2.24, 2.45) is 11.7 Å². The third-order valence-corrected chi connectivity index (χ3v) is 3.89. The molecule has 2 N–H and O–H groups in total. The molecular formula is C14H25N3O. The molecule has 0 aromatic carbocycles. The van der Waals surface area contributed by atoms with Crippen molar-refractivity contribution in [1.82, 2.24) is 9.78 Å². The molecule has 0 saturated carbocycles. The fourth-order valence-electron chi connectivity index (χ4n) is 2.75. The maximum atomic E-state index is 6.31. The molecule has 18 heavy (non-hydrogen) atoms. The Morgan fingerprint density at radius 2 is 2.33 bits per heavy atom. The summed E-state index contributed by atoms with van der Waals surface area (Å²) in [5.41, 5.74) is 8.70. The van der Waals surface area contributed by atoms with E-state index in [9.17, 15) is 0 Å². The van der Waals surface area contributed by atoms with Crippen LogP contribution in [0.25, 0.3) is 0 Å². The molecule has 4 nitrogen and oxygen atoms in total. The molecule has 3 unspecified atom stereocenters. The summed E-state index contributed by atoms with van der Waals surface area (Å²) in [5.74, 6) is 0.573. The van der Waals surface area contributed by atoms with Gasteiger partial charge in [0, 0.05) is 31.3 Å². The molecule has 4 heteroatoms. The van der Waals surface area contributed by atoms with Gasteiger partial charge in [-0.25, -0.2) is 0 Å². The maximum absolute atomic E-state index is 6.31. The van der Waals surface area contributed by atoms with Gasteiger partial charge in [-0.1, -0.05) is 13.8 Å². The summed E-state index contributed by atoms with van der Waals surface area (Å²) in [4.78, 5) is 0. The molecule has 0 aliphatic carbocycles. The van der Waals surface area contributed by atoms with Crippen molar-refractivity contribution in [3.05, 3.63) is 17.5 Å². The molecule has 1 aromatic heterocycles. The zero-order valence-electron chi connectivity index (χ0n) is 11.7. The Labute approximate surface area is 110 Å². The fourth-order valence-corrected chi connectivity index (χ4v) is 2.75. The highest BCUT2D eigenvalue weighted by molar-refractivity contribution is 5.12. The third kappa shape index (κ3) is 2.75. The Kier molecular flexibility index (Phi) is 4.40. The van der Waals surface area contributed by atoms with Crippen molar-refractivity contribution < 1.29 is 4.74 Å². The molecule has 3 atom stereocenters. The topological polar surface area (TPSA) is 53.1 Å². The first-order chi connectivity index (χ1) is 8.65. The average Bonchev–Trinajstić information content (AvgIpc) is 2.95. The van der Waals surface area contributed by atoms with Crippen LogP contribution in [0.15, 0.2) is 6.07 Å². The summed E-state index contributed by atoms with van der Waals surface area (Å²) in [6.07, 6.45) is 3.17. The number of aryl methyl sites for hydroxylation is 2. The number of ether oxygens (including phenoxy) is 1. The summed E-state index contributed by atoms with van der Waals surface area (Å²) in [6, 6.07) is 2.26. The van der Waals surface area contributed by atoms with Gasteiger partial charge >= 0.3 is 0 Å². The molecule has 1 fully saturated rings. The quantitative estimate of drug-likeness (QED) is 0.867. The Morgan fingerprint density at radius 1 is 1.56 bits per heavy atom. The second-order valence-corrected chi connectivity index (χ2v) is 5.27. The number of nitrogens with two attached hydrogens (primary N) is 1. The SMILES string of the molecule is CCc1cc(CC(N)C2OCCC2C)n(CC)n1. The van der Waals surface area contributed by atoms with Gasteiger partial charge in [0.1, 0.15) is 0 Å². The summed E-state index contributed by atoms with van der Waals surface area (Å²) in [7, 11) is 0. The van der Waals surface area contributed by atoms with Gasteiger partial charge in [0.25, 0.3) is 0 Å². The van der Waals surface area contributed by atoms with Crippen molar-refractivity contribution >= 4 is 0 Å². The van der Waals surface area contributed by atoms with E-state index >= 15 is 0 Å². The van der Waals surface area contributed by atoms with E-state index in [4.69, 9.17) is 10.5 Å². The number of rotatable bonds is 5. The van der Waals surface area contributed by atoms with Crippen LogP contribution in [0.4, 0.5) is 0 Å². The van der Waals surface area contributed by atoms with E-state index in [-0.39, 0.29) is 12.1 Å². The minimum atomic E-state index is 0.0780. The first-order valence-electron chi connectivity index (χ1n) is 7.08. The van der Waals surface area contributed by atoms with Gasteiger partial charge in [-0.05, 0) is 31.7 Å². The van der Waals surface area contributed by atoms with Crippen molar-refractivity contribution in [2.75, 3.05) is 6.61 Å². The monoisotopic (exact) mass is 251 g/mol. The van der Waals surface area contributed by atoms with E-state index < -0.39 is 0 Å². The van der Waals surface area contributed by atoms with Crippen molar-refractivity contribution in [1.29, 1.82) is 0 Å². The number of hydrogen-bond donors (Lipinski definition) is 1. The molecule has 102 valence electrons. The molecular weight excluding hydrogens is 226 g/mol. The van der Waals surface area contributed by atoms with Crippen LogP contribution in [0, 0.1) is 5.92 Å². The first kappa shape index (κ1) is 13.6. The minimum absolute atomic E-state index is 0.0780. The van der Waals surface area contributed by atoms with Crippen LogP contribution in [0.5, 0.6) is 0 Å². The third-order valence-electron chi connectivity index (χ3n) is 3.89. The van der Waals surface area contributed by atoms with Crippen LogP contribution in [0.2, 0.25) is 0 Å². The summed E-state index contributed by atoms with van der Waals surface area (Å²) in [5, 5.41) is 4.57. The van der Waals surface area contributed by atoms with Gasteiger partial charge in [-0.3, -0.25) is 4.68 Å². The minimum Gasteiger partial charge on any atom is -0.376 e. The lowest BCUT2D eigenvalue weighted by atomic mass is 9.95. The molecule has 0 radical (unpaired) electrons. The van der Waals surface area contributed by atoms with Crippen LogP contribution < -0.4 is 5.73 Å². The van der Waals surface area contributed by atoms with E-state index in [0.29, 0.717) is 5.92 Å². The lowest BCUT2D eigenvalue weighted by Gasteiger charge is -2.22. The van der Waals surface area contributed by atoms with Crippen LogP contribution in [-0.4, -0.2) is 28.5 Å². The molecule has 0 bridgehead atoms. The molecule has 2 heterocycles. The normalized spacial score (nSPS) is 25.6. The first-order valence-corrected chi connectivity index (χ1v) is 7.08. The number of nitrogens with zero attached hydrogens (tertiary/aromatic N) is 2. The molecule has 1 aliphatic rings. The molecule has 1 aromatic rings. The summed E-state index contributed by atoms with van der Waals surface area (Å²) < 4.78 is 7.82. The lowest BCUT2D eigenvalue weighted by molar-refractivity contribution is 0.0721. The van der Waals surface area contributed by atoms with Crippen molar-refractivity contribution in [3.63, 3.8) is 0 Å². The Hall–Kier alpha value is -0.870. The van der Waals surface area contributed by atoms with Gasteiger partial charge in [-0.2, -0.15) is 5.10 Å². The largest absolute Gasteiger partial charge is 0.376 e. The van der Waals surface area contributed by atoms with E-state index in [0.717, 1.165) is 38.1 Å². The van der Waals surface area contributed by atoms with Crippen LogP contribution in [-0.2, 0) is 24.1 Å². The molecule has 0 spiro atoms. The smallest absolute Gasteiger partial charge is 0.0756 e. The highest BCUT2D eigenvalue weighted by atomic mass is 16.5. The zero-order valence-corrected chi connectivity index (χ0v) is 11.7. The van der Waals surface area contributed by atoms with Crippen LogP contribution >= 0.6 is 0 Å². The van der Waals surface area contributed by atoms with E-state index in [1.54, 1.807) is 0 Å². The van der Waals surface area contributed by atoms with Crippen molar-refractivity contribution in [2.45, 2.75) is 58.7 Å². The zero-order chi connectivity index (χ0) is 13.1. The lowest BCUT2D eigenvalue weighted by Crippen LogP contribution is -2.39. The molecule has 1 aliphatic heterocycles. The number of aromatic nitrogens is 2. The van der Waals surface area contributed by atoms with Gasteiger partial charge in [0.05, 0.1) is 11.8 Å². The Bertz CT molecular complexity index is 388. The van der Waals surface area contributed by atoms with E-state index in [2.05, 4.69) is 36.6 Å². The maximum Gasteiger partial charge on any atom is 0.0756 e. The highest BCUT2D eigenvalue weighted by Crippen LogP contribution is 2.23. The van der Waals surface area contributed by atoms with Gasteiger partial charge < -0.3 is 10.5 Å². The number of hydrogen-bond acceptors (Lipinski definition) is 3. The van der Waals surface area contributed by atoms with Crippen molar-refractivity contribution in [3.8, 4) is 0 Å². The predicted octanol–water partition coefficient (Wildman–Crippen LogP) is 1.76. The second-order valence-electron chi connectivity index (χ2n) is 5.27. The second kappa shape index (κ2) is 5.85. The standard InChI is InChI=1S/C14H25N3O/c1-4-11-8-12(17(5-2)16-11)9-13(15)14-10(3)6-7-18-14/h8,10,13-14H,4-7,9,15H2,1-3H3. The van der Waals surface area contributed by atoms with Gasteiger partial charge in [-0.15, -0.1) is 0 Å². The van der Waals surface area contributed by atoms with Crippen LogP contribution in [0.3, 0.4) is 0 Å². The highest BCUT2D eigenvalue weighted by Gasteiger charge is 2.30. The summed E-state index contributed by atoms with van der Waals surface area (Å²) >= 11 is 0. The van der Waals surface area contributed by atoms with E-state index in [1.807, 2.05) is 0 Å². The van der Waals surface area contributed by atoms with Crippen LogP contribution in [0.1, 0.15) is 38.6 Å². The molecule has 1 saturated heterocycles.